The van der Waals surface area contributed by atoms with Crippen LogP contribution in [0.15, 0.2) is 65.6 Å². The summed E-state index contributed by atoms with van der Waals surface area (Å²) in [6, 6.07) is 16.1. The van der Waals surface area contributed by atoms with Crippen molar-refractivity contribution in [1.29, 1.82) is 0 Å². The number of nitrogens with zero attached hydrogens (tertiary/aromatic N) is 1. The van der Waals surface area contributed by atoms with Crippen molar-refractivity contribution < 1.29 is 13.2 Å². The minimum atomic E-state index is -3.73. The van der Waals surface area contributed by atoms with Gasteiger partial charge in [-0.2, -0.15) is 0 Å². The largest absolute Gasteiger partial charge is 0.337 e. The van der Waals surface area contributed by atoms with E-state index in [1.54, 1.807) is 17.0 Å². The molecule has 0 saturated heterocycles. The van der Waals surface area contributed by atoms with Gasteiger partial charge in [-0.05, 0) is 54.7 Å². The maximum Gasteiger partial charge on any atom is 0.244 e. The van der Waals surface area contributed by atoms with Crippen LogP contribution in [0.1, 0.15) is 24.8 Å². The fourth-order valence-corrected chi connectivity index (χ4v) is 5.68. The van der Waals surface area contributed by atoms with Gasteiger partial charge in [-0.15, -0.1) is 0 Å². The molecule has 0 atom stereocenters. The molecule has 2 aromatic carbocycles. The molecule has 1 aliphatic heterocycles. The van der Waals surface area contributed by atoms with Crippen molar-refractivity contribution in [3.05, 3.63) is 71.3 Å². The standard InChI is InChI=1S/C21H20ClNO3S/c22-18-6-8-19(9-7-18)27(25,26)21(12-13-21)20(24)23-14-10-17(11-15-23)16-4-2-1-3-5-16/h1-10H,11-15H2. The van der Waals surface area contributed by atoms with Gasteiger partial charge in [0.25, 0.3) is 0 Å². The number of halogens is 1. The summed E-state index contributed by atoms with van der Waals surface area (Å²) in [7, 11) is -3.73. The molecule has 0 spiro atoms. The summed E-state index contributed by atoms with van der Waals surface area (Å²) in [6.07, 6.45) is 3.51. The fourth-order valence-electron chi connectivity index (χ4n) is 3.61. The number of benzene rings is 2. The van der Waals surface area contributed by atoms with Gasteiger partial charge in [0.05, 0.1) is 4.90 Å². The molecular formula is C21H20ClNO3S. The second kappa shape index (κ2) is 6.80. The van der Waals surface area contributed by atoms with Gasteiger partial charge in [-0.3, -0.25) is 4.79 Å². The highest BCUT2D eigenvalue weighted by molar-refractivity contribution is 7.94. The first kappa shape index (κ1) is 18.3. The zero-order valence-electron chi connectivity index (χ0n) is 14.8. The number of carbonyl (C=O) groups is 1. The number of amides is 1. The van der Waals surface area contributed by atoms with Crippen molar-refractivity contribution in [2.75, 3.05) is 13.1 Å². The summed E-state index contributed by atoms with van der Waals surface area (Å²) in [4.78, 5) is 14.9. The van der Waals surface area contributed by atoms with Crippen molar-refractivity contribution in [3.8, 4) is 0 Å². The first-order chi connectivity index (χ1) is 12.9. The minimum absolute atomic E-state index is 0.162. The minimum Gasteiger partial charge on any atom is -0.337 e. The smallest absolute Gasteiger partial charge is 0.244 e. The highest BCUT2D eigenvalue weighted by Crippen LogP contribution is 2.48. The molecule has 0 bridgehead atoms. The molecule has 0 unspecified atom stereocenters. The Bertz CT molecular complexity index is 993. The normalized spacial score (nSPS) is 18.7. The Hall–Kier alpha value is -2.11. The number of sulfone groups is 1. The lowest BCUT2D eigenvalue weighted by Crippen LogP contribution is -2.46. The van der Waals surface area contributed by atoms with Gasteiger partial charge < -0.3 is 4.90 Å². The summed E-state index contributed by atoms with van der Waals surface area (Å²) >= 11 is 5.86. The molecular weight excluding hydrogens is 382 g/mol. The van der Waals surface area contributed by atoms with Crippen LogP contribution in [0.5, 0.6) is 0 Å². The lowest BCUT2D eigenvalue weighted by molar-refractivity contribution is -0.131. The van der Waals surface area contributed by atoms with Crippen LogP contribution in [-0.4, -0.2) is 37.1 Å². The van der Waals surface area contributed by atoms with Crippen LogP contribution in [0.3, 0.4) is 0 Å². The van der Waals surface area contributed by atoms with E-state index >= 15 is 0 Å². The van der Waals surface area contributed by atoms with Gasteiger partial charge in [-0.25, -0.2) is 8.42 Å². The van der Waals surface area contributed by atoms with E-state index < -0.39 is 14.6 Å². The SMILES string of the molecule is O=C(N1CC=C(c2ccccc2)CC1)C1(S(=O)(=O)c2ccc(Cl)cc2)CC1. The summed E-state index contributed by atoms with van der Waals surface area (Å²) < 4.78 is 24.9. The van der Waals surface area contributed by atoms with Gasteiger partial charge in [-0.1, -0.05) is 48.0 Å². The monoisotopic (exact) mass is 401 g/mol. The zero-order valence-corrected chi connectivity index (χ0v) is 16.3. The van der Waals surface area contributed by atoms with Gasteiger partial charge in [0.1, 0.15) is 0 Å². The summed E-state index contributed by atoms with van der Waals surface area (Å²) in [6.45, 7) is 0.985. The molecule has 4 rings (SSSR count). The Morgan fingerprint density at radius 3 is 2.22 bits per heavy atom. The van der Waals surface area contributed by atoms with Crippen molar-refractivity contribution in [2.45, 2.75) is 28.9 Å². The van der Waals surface area contributed by atoms with Crippen LogP contribution in [0.4, 0.5) is 0 Å². The molecule has 27 heavy (non-hydrogen) atoms. The van der Waals surface area contributed by atoms with Crippen LogP contribution in [0.25, 0.3) is 5.57 Å². The van der Waals surface area contributed by atoms with E-state index in [9.17, 15) is 13.2 Å². The van der Waals surface area contributed by atoms with E-state index in [4.69, 9.17) is 11.6 Å². The van der Waals surface area contributed by atoms with Crippen LogP contribution in [0, 0.1) is 0 Å². The Kier molecular flexibility index (Phi) is 4.60. The van der Waals surface area contributed by atoms with Gasteiger partial charge in [0.2, 0.25) is 5.91 Å². The predicted molar refractivity (Wildman–Crippen MR) is 106 cm³/mol. The molecule has 1 heterocycles. The fraction of sp³-hybridized carbons (Fsp3) is 0.286. The van der Waals surface area contributed by atoms with Gasteiger partial charge >= 0.3 is 0 Å². The molecule has 0 radical (unpaired) electrons. The number of carbonyl (C=O) groups excluding carboxylic acids is 1. The Morgan fingerprint density at radius 1 is 1.00 bits per heavy atom. The highest BCUT2D eigenvalue weighted by Gasteiger charge is 2.62. The predicted octanol–water partition coefficient (Wildman–Crippen LogP) is 3.96. The second-order valence-electron chi connectivity index (χ2n) is 7.05. The van der Waals surface area contributed by atoms with Crippen molar-refractivity contribution in [1.82, 2.24) is 4.90 Å². The average Bonchev–Trinajstić information content (AvgIpc) is 3.51. The van der Waals surface area contributed by atoms with E-state index in [0.717, 1.165) is 12.0 Å². The van der Waals surface area contributed by atoms with Crippen LogP contribution in [-0.2, 0) is 14.6 Å². The first-order valence-electron chi connectivity index (χ1n) is 8.98. The van der Waals surface area contributed by atoms with Crippen molar-refractivity contribution >= 4 is 32.9 Å². The Morgan fingerprint density at radius 2 is 1.67 bits per heavy atom. The van der Waals surface area contributed by atoms with Crippen molar-refractivity contribution in [3.63, 3.8) is 0 Å². The van der Waals surface area contributed by atoms with Crippen LogP contribution in [0.2, 0.25) is 5.02 Å². The lowest BCUT2D eigenvalue weighted by atomic mass is 9.99. The molecule has 1 fully saturated rings. The molecule has 6 heteroatoms. The van der Waals surface area contributed by atoms with E-state index in [2.05, 4.69) is 12.1 Å². The van der Waals surface area contributed by atoms with Crippen LogP contribution < -0.4 is 0 Å². The summed E-state index contributed by atoms with van der Waals surface area (Å²) in [5.74, 6) is -0.277. The second-order valence-corrected chi connectivity index (χ2v) is 9.74. The van der Waals surface area contributed by atoms with Crippen molar-refractivity contribution in [2.24, 2.45) is 0 Å². The summed E-state index contributed by atoms with van der Waals surface area (Å²) in [5.41, 5.74) is 2.35. The van der Waals surface area contributed by atoms with E-state index in [1.807, 2.05) is 24.3 Å². The molecule has 1 aliphatic carbocycles. The molecule has 2 aromatic rings. The number of hydrogen-bond donors (Lipinski definition) is 0. The Balaban J connectivity index is 1.55. The van der Waals surface area contributed by atoms with E-state index in [-0.39, 0.29) is 10.8 Å². The maximum atomic E-state index is 13.1. The molecule has 4 nitrogen and oxygen atoms in total. The average molecular weight is 402 g/mol. The lowest BCUT2D eigenvalue weighted by Gasteiger charge is -2.30. The molecule has 2 aliphatic rings. The maximum absolute atomic E-state index is 13.1. The molecule has 0 aromatic heterocycles. The third-order valence-corrected chi connectivity index (χ3v) is 8.13. The molecule has 140 valence electrons. The highest BCUT2D eigenvalue weighted by atomic mass is 35.5. The molecule has 1 saturated carbocycles. The van der Waals surface area contributed by atoms with E-state index in [0.29, 0.717) is 31.0 Å². The quantitative estimate of drug-likeness (QED) is 0.779. The summed E-state index contributed by atoms with van der Waals surface area (Å²) in [5, 5.41) is 0.472. The Labute approximate surface area is 164 Å². The number of rotatable bonds is 4. The topological polar surface area (TPSA) is 54.5 Å². The first-order valence-corrected chi connectivity index (χ1v) is 10.8. The van der Waals surface area contributed by atoms with Crippen LogP contribution >= 0.6 is 11.6 Å². The zero-order chi connectivity index (χ0) is 19.1. The van der Waals surface area contributed by atoms with Gasteiger partial charge in [0, 0.05) is 18.1 Å². The molecule has 1 amide bonds. The number of hydrogen-bond acceptors (Lipinski definition) is 3. The van der Waals surface area contributed by atoms with E-state index in [1.165, 1.54) is 17.7 Å². The third-order valence-electron chi connectivity index (χ3n) is 5.37. The van der Waals surface area contributed by atoms with Gasteiger partial charge in [0.15, 0.2) is 14.6 Å². The third kappa shape index (κ3) is 3.19. The molecule has 0 N–H and O–H groups in total.